The number of hydrogen-bond donors (Lipinski definition) is 2. The van der Waals surface area contributed by atoms with E-state index < -0.39 is 5.97 Å². The van der Waals surface area contributed by atoms with E-state index in [0.29, 0.717) is 17.9 Å². The van der Waals surface area contributed by atoms with E-state index in [9.17, 15) is 9.59 Å². The number of aromatic nitrogens is 2. The molecule has 0 fully saturated rings. The SMILES string of the molecule is COc1cc(C(=O)O)ccc1NC(=O)C(C)Cc1c(C)nn(C)c1C. The predicted octanol–water partition coefficient (Wildman–Crippen LogP) is 2.56. The van der Waals surface area contributed by atoms with Gasteiger partial charge in [0.15, 0.2) is 0 Å². The highest BCUT2D eigenvalue weighted by atomic mass is 16.5. The Morgan fingerprint density at radius 2 is 2.04 bits per heavy atom. The number of nitrogens with one attached hydrogen (secondary N) is 1. The molecule has 2 rings (SSSR count). The van der Waals surface area contributed by atoms with E-state index >= 15 is 0 Å². The van der Waals surface area contributed by atoms with Crippen LogP contribution in [0.5, 0.6) is 5.75 Å². The summed E-state index contributed by atoms with van der Waals surface area (Å²) in [5.41, 5.74) is 3.58. The lowest BCUT2D eigenvalue weighted by Gasteiger charge is -2.15. The Bertz CT molecular complexity index is 811. The molecule has 2 aromatic rings. The van der Waals surface area contributed by atoms with E-state index in [1.807, 2.05) is 32.5 Å². The Morgan fingerprint density at radius 3 is 2.56 bits per heavy atom. The fourth-order valence-electron chi connectivity index (χ4n) is 2.70. The van der Waals surface area contributed by atoms with E-state index in [2.05, 4.69) is 10.4 Å². The Labute approximate surface area is 146 Å². The van der Waals surface area contributed by atoms with Crippen molar-refractivity contribution in [2.24, 2.45) is 13.0 Å². The second kappa shape index (κ2) is 7.38. The summed E-state index contributed by atoms with van der Waals surface area (Å²) >= 11 is 0. The standard InChI is InChI=1S/C18H23N3O4/c1-10(8-14-11(2)20-21(4)12(14)3)17(22)19-15-7-6-13(18(23)24)9-16(15)25-5/h6-7,9-10H,8H2,1-5H3,(H,19,22)(H,23,24). The van der Waals surface area contributed by atoms with Crippen LogP contribution < -0.4 is 10.1 Å². The van der Waals surface area contributed by atoms with Gasteiger partial charge in [0.2, 0.25) is 5.91 Å². The van der Waals surface area contributed by atoms with Gasteiger partial charge >= 0.3 is 5.97 Å². The minimum Gasteiger partial charge on any atom is -0.495 e. The molecule has 0 saturated heterocycles. The van der Waals surface area contributed by atoms with Gasteiger partial charge in [0.1, 0.15) is 5.75 Å². The molecule has 1 amide bonds. The van der Waals surface area contributed by atoms with E-state index in [0.717, 1.165) is 17.0 Å². The van der Waals surface area contributed by atoms with Crippen LogP contribution in [0.3, 0.4) is 0 Å². The second-order valence-electron chi connectivity index (χ2n) is 6.09. The number of aromatic carboxylic acids is 1. The lowest BCUT2D eigenvalue weighted by Crippen LogP contribution is -2.23. The average Bonchev–Trinajstić information content (AvgIpc) is 2.81. The number of nitrogens with zero attached hydrogens (tertiary/aromatic N) is 2. The molecule has 1 heterocycles. The predicted molar refractivity (Wildman–Crippen MR) is 94.1 cm³/mol. The highest BCUT2D eigenvalue weighted by molar-refractivity contribution is 5.95. The number of hydrogen-bond acceptors (Lipinski definition) is 4. The first-order valence-electron chi connectivity index (χ1n) is 7.95. The average molecular weight is 345 g/mol. The molecule has 2 N–H and O–H groups in total. The summed E-state index contributed by atoms with van der Waals surface area (Å²) in [4.78, 5) is 23.6. The van der Waals surface area contributed by atoms with Gasteiger partial charge in [0.25, 0.3) is 0 Å². The molecular formula is C18H23N3O4. The van der Waals surface area contributed by atoms with Crippen LogP contribution in [0.15, 0.2) is 18.2 Å². The summed E-state index contributed by atoms with van der Waals surface area (Å²) < 4.78 is 6.99. The van der Waals surface area contributed by atoms with Crippen LogP contribution in [0, 0.1) is 19.8 Å². The molecule has 7 nitrogen and oxygen atoms in total. The highest BCUT2D eigenvalue weighted by Crippen LogP contribution is 2.27. The topological polar surface area (TPSA) is 93.4 Å². The molecule has 1 aromatic carbocycles. The maximum absolute atomic E-state index is 12.5. The van der Waals surface area contributed by atoms with Gasteiger partial charge in [-0.1, -0.05) is 6.92 Å². The van der Waals surface area contributed by atoms with E-state index in [1.165, 1.54) is 25.3 Å². The van der Waals surface area contributed by atoms with Crippen LogP contribution in [0.1, 0.15) is 34.2 Å². The van der Waals surface area contributed by atoms with E-state index in [4.69, 9.17) is 9.84 Å². The van der Waals surface area contributed by atoms with Crippen LogP contribution in [0.4, 0.5) is 5.69 Å². The molecule has 25 heavy (non-hydrogen) atoms. The molecule has 0 bridgehead atoms. The first-order chi connectivity index (χ1) is 11.7. The Hall–Kier alpha value is -2.83. The zero-order valence-corrected chi connectivity index (χ0v) is 15.1. The largest absolute Gasteiger partial charge is 0.495 e. The van der Waals surface area contributed by atoms with Crippen LogP contribution >= 0.6 is 0 Å². The maximum atomic E-state index is 12.5. The molecule has 7 heteroatoms. The van der Waals surface area contributed by atoms with Crippen LogP contribution in [0.2, 0.25) is 0 Å². The number of carbonyl (C=O) groups is 2. The van der Waals surface area contributed by atoms with Crippen molar-refractivity contribution >= 4 is 17.6 Å². The monoisotopic (exact) mass is 345 g/mol. The molecule has 0 spiro atoms. The fourth-order valence-corrected chi connectivity index (χ4v) is 2.70. The summed E-state index contributed by atoms with van der Waals surface area (Å²) in [6, 6.07) is 4.35. The molecule has 0 aliphatic heterocycles. The zero-order valence-electron chi connectivity index (χ0n) is 15.1. The third-order valence-corrected chi connectivity index (χ3v) is 4.32. The smallest absolute Gasteiger partial charge is 0.335 e. The molecule has 1 aromatic heterocycles. The van der Waals surface area contributed by atoms with E-state index in [1.54, 1.807) is 0 Å². The second-order valence-corrected chi connectivity index (χ2v) is 6.09. The molecule has 0 radical (unpaired) electrons. The minimum absolute atomic E-state index is 0.101. The summed E-state index contributed by atoms with van der Waals surface area (Å²) in [6.45, 7) is 5.76. The number of amides is 1. The Morgan fingerprint density at radius 1 is 1.36 bits per heavy atom. The number of benzene rings is 1. The van der Waals surface area contributed by atoms with Gasteiger partial charge in [-0.25, -0.2) is 4.79 Å². The lowest BCUT2D eigenvalue weighted by molar-refractivity contribution is -0.119. The number of carbonyl (C=O) groups excluding carboxylic acids is 1. The van der Waals surface area contributed by atoms with Gasteiger partial charge < -0.3 is 15.2 Å². The van der Waals surface area contributed by atoms with Crippen molar-refractivity contribution in [3.05, 3.63) is 40.7 Å². The molecule has 0 aliphatic carbocycles. The Kier molecular flexibility index (Phi) is 5.46. The van der Waals surface area contributed by atoms with Crippen LogP contribution in [0.25, 0.3) is 0 Å². The van der Waals surface area contributed by atoms with Gasteiger partial charge in [-0.3, -0.25) is 9.48 Å². The van der Waals surface area contributed by atoms with Crippen molar-refractivity contribution in [2.45, 2.75) is 27.2 Å². The van der Waals surface area contributed by atoms with Crippen molar-refractivity contribution in [1.82, 2.24) is 9.78 Å². The van der Waals surface area contributed by atoms with Gasteiger partial charge in [0.05, 0.1) is 24.1 Å². The van der Waals surface area contributed by atoms with Crippen molar-refractivity contribution in [3.8, 4) is 5.75 Å². The van der Waals surface area contributed by atoms with Crippen molar-refractivity contribution in [3.63, 3.8) is 0 Å². The van der Waals surface area contributed by atoms with E-state index in [-0.39, 0.29) is 17.4 Å². The number of methoxy groups -OCH3 is 1. The van der Waals surface area contributed by atoms with Gasteiger partial charge in [0, 0.05) is 18.7 Å². The fraction of sp³-hybridized carbons (Fsp3) is 0.389. The summed E-state index contributed by atoms with van der Waals surface area (Å²) in [5.74, 6) is -1.17. The highest BCUT2D eigenvalue weighted by Gasteiger charge is 2.20. The molecule has 1 atom stereocenters. The quantitative estimate of drug-likeness (QED) is 0.839. The van der Waals surface area contributed by atoms with Crippen molar-refractivity contribution in [1.29, 1.82) is 0 Å². The first kappa shape index (κ1) is 18.5. The summed E-state index contributed by atoms with van der Waals surface area (Å²) in [7, 11) is 3.31. The van der Waals surface area contributed by atoms with Gasteiger partial charge in [-0.2, -0.15) is 5.10 Å². The maximum Gasteiger partial charge on any atom is 0.335 e. The van der Waals surface area contributed by atoms with Gasteiger partial charge in [-0.05, 0) is 44.0 Å². The summed E-state index contributed by atoms with van der Waals surface area (Å²) in [5, 5.41) is 16.2. The normalized spacial score (nSPS) is 11.9. The number of anilines is 1. The molecule has 134 valence electrons. The first-order valence-corrected chi connectivity index (χ1v) is 7.95. The van der Waals surface area contributed by atoms with Crippen LogP contribution in [-0.2, 0) is 18.3 Å². The number of carboxylic acids is 1. The number of rotatable bonds is 6. The lowest BCUT2D eigenvalue weighted by atomic mass is 9.98. The van der Waals surface area contributed by atoms with Crippen LogP contribution in [-0.4, -0.2) is 33.9 Å². The Balaban J connectivity index is 2.14. The molecule has 0 aliphatic rings. The minimum atomic E-state index is -1.05. The third kappa shape index (κ3) is 3.99. The van der Waals surface area contributed by atoms with Crippen molar-refractivity contribution < 1.29 is 19.4 Å². The molecule has 0 saturated carbocycles. The number of carboxylic acid groups (broad SMARTS) is 1. The number of aryl methyl sites for hydroxylation is 2. The summed E-state index contributed by atoms with van der Waals surface area (Å²) in [6.07, 6.45) is 0.576. The van der Waals surface area contributed by atoms with Crippen molar-refractivity contribution in [2.75, 3.05) is 12.4 Å². The third-order valence-electron chi connectivity index (χ3n) is 4.32. The zero-order chi connectivity index (χ0) is 18.7. The molecule has 1 unspecified atom stereocenters. The van der Waals surface area contributed by atoms with Gasteiger partial charge in [-0.15, -0.1) is 0 Å². The molecular weight excluding hydrogens is 322 g/mol. The number of ether oxygens (including phenoxy) is 1.